The molecule has 4 N–H and O–H groups in total. The molecule has 1 heterocycles. The SMILES string of the molecule is O=C(O)CC(C(=O)O)N1CC1(C(=O)O)C(=O)O. The van der Waals surface area contributed by atoms with Gasteiger partial charge in [0.1, 0.15) is 6.04 Å². The molecule has 17 heavy (non-hydrogen) atoms. The highest BCUT2D eigenvalue weighted by Gasteiger charge is 2.69. The van der Waals surface area contributed by atoms with Crippen molar-refractivity contribution in [2.75, 3.05) is 6.54 Å². The van der Waals surface area contributed by atoms with Crippen LogP contribution in [0.5, 0.6) is 0 Å². The van der Waals surface area contributed by atoms with Crippen LogP contribution in [0.2, 0.25) is 0 Å². The summed E-state index contributed by atoms with van der Waals surface area (Å²) in [4.78, 5) is 43.4. The molecule has 94 valence electrons. The van der Waals surface area contributed by atoms with Crippen molar-refractivity contribution in [3.8, 4) is 0 Å². The first-order chi connectivity index (χ1) is 7.73. The maximum absolute atomic E-state index is 10.8. The zero-order valence-electron chi connectivity index (χ0n) is 8.36. The second-order valence-corrected chi connectivity index (χ2v) is 3.55. The van der Waals surface area contributed by atoms with Gasteiger partial charge in [0.15, 0.2) is 0 Å². The van der Waals surface area contributed by atoms with Crippen LogP contribution < -0.4 is 0 Å². The highest BCUT2D eigenvalue weighted by Crippen LogP contribution is 2.36. The Kier molecular flexibility index (Phi) is 3.05. The summed E-state index contributed by atoms with van der Waals surface area (Å²) >= 11 is 0. The Morgan fingerprint density at radius 3 is 1.76 bits per heavy atom. The maximum Gasteiger partial charge on any atom is 0.337 e. The molecule has 0 aromatic rings. The summed E-state index contributed by atoms with van der Waals surface area (Å²) in [5.74, 6) is -6.44. The molecule has 0 saturated carbocycles. The van der Waals surface area contributed by atoms with Crippen LogP contribution in [0.1, 0.15) is 6.42 Å². The van der Waals surface area contributed by atoms with Gasteiger partial charge in [-0.1, -0.05) is 0 Å². The van der Waals surface area contributed by atoms with Crippen molar-refractivity contribution in [2.45, 2.75) is 18.0 Å². The molecule has 1 fully saturated rings. The average molecular weight is 247 g/mol. The lowest BCUT2D eigenvalue weighted by molar-refractivity contribution is -0.157. The molecule has 2 unspecified atom stereocenters. The predicted octanol–water partition coefficient (Wildman–Crippen LogP) is -1.86. The number of hydrogen-bond donors (Lipinski definition) is 4. The van der Waals surface area contributed by atoms with Crippen LogP contribution in [-0.4, -0.2) is 67.3 Å². The van der Waals surface area contributed by atoms with E-state index < -0.39 is 48.4 Å². The standard InChI is InChI=1S/C8H9NO8/c10-4(11)1-3(5(12)13)9-2-8(9,6(14)15)7(16)17/h3H,1-2H2,(H,10,11)(H,12,13)(H,14,15)(H,16,17). The molecule has 0 aromatic carbocycles. The summed E-state index contributed by atoms with van der Waals surface area (Å²) in [6, 6.07) is -1.67. The molecule has 9 nitrogen and oxygen atoms in total. The number of rotatable bonds is 6. The second kappa shape index (κ2) is 4.01. The first kappa shape index (κ1) is 12.9. The van der Waals surface area contributed by atoms with Crippen molar-refractivity contribution in [2.24, 2.45) is 0 Å². The zero-order valence-corrected chi connectivity index (χ0v) is 8.36. The fourth-order valence-electron chi connectivity index (χ4n) is 1.56. The van der Waals surface area contributed by atoms with E-state index in [1.165, 1.54) is 0 Å². The summed E-state index contributed by atoms with van der Waals surface area (Å²) in [7, 11) is 0. The second-order valence-electron chi connectivity index (χ2n) is 3.55. The Bertz CT molecular complexity index is 388. The van der Waals surface area contributed by atoms with E-state index in [9.17, 15) is 19.2 Å². The summed E-state index contributed by atoms with van der Waals surface area (Å²) in [6.45, 7) is -0.526. The number of carboxylic acids is 4. The van der Waals surface area contributed by atoms with Crippen molar-refractivity contribution in [1.29, 1.82) is 0 Å². The summed E-state index contributed by atoms with van der Waals surface area (Å²) in [5, 5.41) is 34.7. The van der Waals surface area contributed by atoms with Crippen molar-refractivity contribution >= 4 is 23.9 Å². The van der Waals surface area contributed by atoms with Gasteiger partial charge in [-0.15, -0.1) is 0 Å². The maximum atomic E-state index is 10.8. The van der Waals surface area contributed by atoms with Crippen LogP contribution in [0, 0.1) is 0 Å². The van der Waals surface area contributed by atoms with E-state index in [0.717, 1.165) is 0 Å². The first-order valence-electron chi connectivity index (χ1n) is 4.41. The molecule has 0 aromatic heterocycles. The Balaban J connectivity index is 2.94. The van der Waals surface area contributed by atoms with Crippen molar-refractivity contribution in [3.05, 3.63) is 0 Å². The van der Waals surface area contributed by atoms with E-state index in [-0.39, 0.29) is 0 Å². The zero-order chi connectivity index (χ0) is 13.4. The predicted molar refractivity (Wildman–Crippen MR) is 48.4 cm³/mol. The molecule has 0 amide bonds. The van der Waals surface area contributed by atoms with Gasteiger partial charge in [-0.2, -0.15) is 0 Å². The third-order valence-electron chi connectivity index (χ3n) is 2.52. The summed E-state index contributed by atoms with van der Waals surface area (Å²) in [6.07, 6.45) is -0.863. The largest absolute Gasteiger partial charge is 0.481 e. The fourth-order valence-corrected chi connectivity index (χ4v) is 1.56. The number of aliphatic carboxylic acids is 4. The summed E-state index contributed by atoms with van der Waals surface area (Å²) in [5.41, 5.74) is -2.32. The Hall–Kier alpha value is -2.16. The number of carboxylic acid groups (broad SMARTS) is 4. The number of hydrogen-bond acceptors (Lipinski definition) is 5. The first-order valence-corrected chi connectivity index (χ1v) is 4.41. The van der Waals surface area contributed by atoms with Gasteiger partial charge in [0.2, 0.25) is 5.54 Å². The quantitative estimate of drug-likeness (QED) is 0.312. The Labute approximate surface area is 93.9 Å². The minimum Gasteiger partial charge on any atom is -0.481 e. The molecule has 1 rings (SSSR count). The molecule has 0 spiro atoms. The number of carbonyl (C=O) groups is 4. The average Bonchev–Trinajstić information content (AvgIpc) is 2.89. The van der Waals surface area contributed by atoms with Crippen LogP contribution in [0.25, 0.3) is 0 Å². The molecule has 9 heteroatoms. The van der Waals surface area contributed by atoms with Crippen LogP contribution >= 0.6 is 0 Å². The van der Waals surface area contributed by atoms with E-state index >= 15 is 0 Å². The van der Waals surface area contributed by atoms with Gasteiger partial charge in [0.25, 0.3) is 0 Å². The molecule has 0 aliphatic carbocycles. The van der Waals surface area contributed by atoms with Gasteiger partial charge in [-0.25, -0.2) is 9.59 Å². The summed E-state index contributed by atoms with van der Waals surface area (Å²) < 4.78 is 0. The number of nitrogens with zero attached hydrogens (tertiary/aromatic N) is 1. The van der Waals surface area contributed by atoms with Gasteiger partial charge in [-0.3, -0.25) is 14.5 Å². The molecular weight excluding hydrogens is 238 g/mol. The smallest absolute Gasteiger partial charge is 0.337 e. The minimum absolute atomic E-state index is 0.526. The van der Waals surface area contributed by atoms with Crippen molar-refractivity contribution in [3.63, 3.8) is 0 Å². The third-order valence-corrected chi connectivity index (χ3v) is 2.52. The van der Waals surface area contributed by atoms with Crippen molar-refractivity contribution < 1.29 is 39.6 Å². The highest BCUT2D eigenvalue weighted by atomic mass is 16.4. The van der Waals surface area contributed by atoms with E-state index in [1.54, 1.807) is 0 Å². The molecule has 1 aliphatic rings. The van der Waals surface area contributed by atoms with E-state index in [0.29, 0.717) is 4.90 Å². The minimum atomic E-state index is -2.32. The highest BCUT2D eigenvalue weighted by molar-refractivity contribution is 6.08. The van der Waals surface area contributed by atoms with Crippen LogP contribution in [-0.2, 0) is 19.2 Å². The topological polar surface area (TPSA) is 152 Å². The van der Waals surface area contributed by atoms with Crippen LogP contribution in [0.3, 0.4) is 0 Å². The van der Waals surface area contributed by atoms with Crippen LogP contribution in [0.4, 0.5) is 0 Å². The van der Waals surface area contributed by atoms with E-state index in [4.69, 9.17) is 20.4 Å². The Morgan fingerprint density at radius 2 is 1.53 bits per heavy atom. The molecule has 1 saturated heterocycles. The lowest BCUT2D eigenvalue weighted by atomic mass is 10.1. The fraction of sp³-hybridized carbons (Fsp3) is 0.500. The third kappa shape index (κ3) is 2.04. The van der Waals surface area contributed by atoms with Gasteiger partial charge in [0, 0.05) is 6.54 Å². The molecule has 0 radical (unpaired) electrons. The van der Waals surface area contributed by atoms with Crippen LogP contribution in [0.15, 0.2) is 0 Å². The lowest BCUT2D eigenvalue weighted by Crippen LogP contribution is -2.44. The Morgan fingerprint density at radius 1 is 1.06 bits per heavy atom. The van der Waals surface area contributed by atoms with Gasteiger partial charge in [0.05, 0.1) is 6.42 Å². The molecule has 2 atom stereocenters. The monoisotopic (exact) mass is 247 g/mol. The molecular formula is C8H9NO8. The lowest BCUT2D eigenvalue weighted by Gasteiger charge is -2.14. The molecule has 0 bridgehead atoms. The molecule has 1 aliphatic heterocycles. The van der Waals surface area contributed by atoms with E-state index in [1.807, 2.05) is 0 Å². The van der Waals surface area contributed by atoms with Gasteiger partial charge in [-0.05, 0) is 0 Å². The normalized spacial score (nSPS) is 22.5. The van der Waals surface area contributed by atoms with Gasteiger partial charge < -0.3 is 20.4 Å². The van der Waals surface area contributed by atoms with Gasteiger partial charge >= 0.3 is 23.9 Å². The van der Waals surface area contributed by atoms with Crippen molar-refractivity contribution in [1.82, 2.24) is 4.90 Å². The van der Waals surface area contributed by atoms with E-state index in [2.05, 4.69) is 0 Å².